The third-order valence-electron chi connectivity index (χ3n) is 3.29. The summed E-state index contributed by atoms with van der Waals surface area (Å²) in [5.74, 6) is 3.68. The van der Waals surface area contributed by atoms with Crippen LogP contribution in [0.1, 0.15) is 15.9 Å². The third-order valence-corrected chi connectivity index (χ3v) is 3.91. The SMILES string of the molecule is C#CCOc1ccc(C=NNC(=O)c2ccc(OC)c(OC)c2)cc1Br. The van der Waals surface area contributed by atoms with E-state index in [1.165, 1.54) is 20.4 Å². The minimum Gasteiger partial charge on any atom is -0.493 e. The van der Waals surface area contributed by atoms with Crippen molar-refractivity contribution in [2.24, 2.45) is 5.10 Å². The average Bonchev–Trinajstić information content (AvgIpc) is 2.66. The van der Waals surface area contributed by atoms with E-state index in [0.717, 1.165) is 10.0 Å². The number of hydrogen-bond donors (Lipinski definition) is 1. The lowest BCUT2D eigenvalue weighted by Gasteiger charge is -2.08. The number of benzene rings is 2. The standard InChI is InChI=1S/C19H17BrN2O4/c1-4-9-26-16-7-5-13(10-15(16)20)12-21-22-19(23)14-6-8-17(24-2)18(11-14)25-3/h1,5-8,10-12H,9H2,2-3H3,(H,22,23). The molecule has 0 atom stereocenters. The molecule has 0 heterocycles. The first-order valence-electron chi connectivity index (χ1n) is 7.50. The average molecular weight is 417 g/mol. The van der Waals surface area contributed by atoms with Crippen LogP contribution < -0.4 is 19.6 Å². The Morgan fingerprint density at radius 3 is 2.58 bits per heavy atom. The first-order chi connectivity index (χ1) is 12.6. The zero-order valence-electron chi connectivity index (χ0n) is 14.3. The summed E-state index contributed by atoms with van der Waals surface area (Å²) in [5, 5.41) is 3.96. The maximum absolute atomic E-state index is 12.2. The second kappa shape index (κ2) is 9.49. The van der Waals surface area contributed by atoms with Crippen LogP contribution in [0.5, 0.6) is 17.2 Å². The number of terminal acetylenes is 1. The Bertz CT molecular complexity index is 859. The minimum atomic E-state index is -0.366. The number of carbonyl (C=O) groups is 1. The summed E-state index contributed by atoms with van der Waals surface area (Å²) in [7, 11) is 3.04. The van der Waals surface area contributed by atoms with Gasteiger partial charge in [-0.1, -0.05) is 5.92 Å². The van der Waals surface area contributed by atoms with E-state index >= 15 is 0 Å². The van der Waals surface area contributed by atoms with Crippen LogP contribution in [-0.2, 0) is 0 Å². The number of nitrogens with zero attached hydrogens (tertiary/aromatic N) is 1. The molecular formula is C19H17BrN2O4. The molecule has 2 aromatic rings. The number of methoxy groups -OCH3 is 2. The minimum absolute atomic E-state index is 0.188. The van der Waals surface area contributed by atoms with Gasteiger partial charge in [-0.15, -0.1) is 6.42 Å². The Hall–Kier alpha value is -2.98. The van der Waals surface area contributed by atoms with Crippen molar-refractivity contribution in [3.63, 3.8) is 0 Å². The summed E-state index contributed by atoms with van der Waals surface area (Å²) in [5.41, 5.74) is 3.64. The molecule has 0 bridgehead atoms. The highest BCUT2D eigenvalue weighted by Crippen LogP contribution is 2.27. The molecule has 26 heavy (non-hydrogen) atoms. The summed E-state index contributed by atoms with van der Waals surface area (Å²) < 4.78 is 16.4. The maximum atomic E-state index is 12.2. The van der Waals surface area contributed by atoms with E-state index in [1.54, 1.807) is 36.4 Å². The Kier molecular flexibility index (Phi) is 7.06. The zero-order chi connectivity index (χ0) is 18.9. The topological polar surface area (TPSA) is 69.2 Å². The van der Waals surface area contributed by atoms with Crippen molar-refractivity contribution in [2.45, 2.75) is 0 Å². The summed E-state index contributed by atoms with van der Waals surface area (Å²) in [6, 6.07) is 10.2. The normalized spacial score (nSPS) is 10.2. The molecule has 1 amide bonds. The lowest BCUT2D eigenvalue weighted by Crippen LogP contribution is -2.17. The van der Waals surface area contributed by atoms with E-state index in [4.69, 9.17) is 20.6 Å². The number of ether oxygens (including phenoxy) is 3. The van der Waals surface area contributed by atoms with Gasteiger partial charge in [-0.2, -0.15) is 5.10 Å². The molecular weight excluding hydrogens is 400 g/mol. The van der Waals surface area contributed by atoms with E-state index in [0.29, 0.717) is 22.8 Å². The molecule has 0 saturated carbocycles. The molecule has 0 aliphatic carbocycles. The molecule has 0 radical (unpaired) electrons. The molecule has 0 saturated heterocycles. The zero-order valence-corrected chi connectivity index (χ0v) is 15.9. The van der Waals surface area contributed by atoms with Crippen molar-refractivity contribution < 1.29 is 19.0 Å². The number of rotatable bonds is 7. The fraction of sp³-hybridized carbons (Fsp3) is 0.158. The predicted octanol–water partition coefficient (Wildman–Crippen LogP) is 3.24. The molecule has 134 valence electrons. The number of nitrogens with one attached hydrogen (secondary N) is 1. The first kappa shape index (κ1) is 19.3. The van der Waals surface area contributed by atoms with Crippen LogP contribution in [0, 0.1) is 12.3 Å². The molecule has 1 N–H and O–H groups in total. The maximum Gasteiger partial charge on any atom is 0.271 e. The van der Waals surface area contributed by atoms with Crippen LogP contribution in [0.4, 0.5) is 0 Å². The smallest absolute Gasteiger partial charge is 0.271 e. The lowest BCUT2D eigenvalue weighted by atomic mass is 10.2. The van der Waals surface area contributed by atoms with Gasteiger partial charge in [-0.3, -0.25) is 4.79 Å². The van der Waals surface area contributed by atoms with Crippen LogP contribution in [0.25, 0.3) is 0 Å². The van der Waals surface area contributed by atoms with Gasteiger partial charge in [0.05, 0.1) is 24.9 Å². The van der Waals surface area contributed by atoms with E-state index in [1.807, 2.05) is 0 Å². The molecule has 0 aromatic heterocycles. The quantitative estimate of drug-likeness (QED) is 0.427. The Balaban J connectivity index is 2.03. The van der Waals surface area contributed by atoms with E-state index in [2.05, 4.69) is 32.4 Å². The second-order valence-corrected chi connectivity index (χ2v) is 5.81. The van der Waals surface area contributed by atoms with Crippen molar-refractivity contribution in [1.82, 2.24) is 5.43 Å². The fourth-order valence-electron chi connectivity index (χ4n) is 2.04. The largest absolute Gasteiger partial charge is 0.493 e. The highest BCUT2D eigenvalue weighted by Gasteiger charge is 2.10. The number of hydrogen-bond acceptors (Lipinski definition) is 5. The van der Waals surface area contributed by atoms with Gasteiger partial charge in [0.2, 0.25) is 0 Å². The van der Waals surface area contributed by atoms with Gasteiger partial charge in [0, 0.05) is 5.56 Å². The first-order valence-corrected chi connectivity index (χ1v) is 8.29. The molecule has 0 unspecified atom stereocenters. The van der Waals surface area contributed by atoms with Crippen LogP contribution in [-0.4, -0.2) is 32.9 Å². The molecule has 0 spiro atoms. The number of carbonyl (C=O) groups excluding carboxylic acids is 1. The van der Waals surface area contributed by atoms with E-state index < -0.39 is 0 Å². The van der Waals surface area contributed by atoms with E-state index in [9.17, 15) is 4.79 Å². The second-order valence-electron chi connectivity index (χ2n) is 4.95. The van der Waals surface area contributed by atoms with Crippen molar-refractivity contribution >= 4 is 28.1 Å². The Morgan fingerprint density at radius 1 is 1.19 bits per heavy atom. The highest BCUT2D eigenvalue weighted by molar-refractivity contribution is 9.10. The van der Waals surface area contributed by atoms with Crippen molar-refractivity contribution in [3.8, 4) is 29.6 Å². The fourth-order valence-corrected chi connectivity index (χ4v) is 2.55. The predicted molar refractivity (Wildman–Crippen MR) is 103 cm³/mol. The highest BCUT2D eigenvalue weighted by atomic mass is 79.9. The van der Waals surface area contributed by atoms with Crippen LogP contribution in [0.2, 0.25) is 0 Å². The van der Waals surface area contributed by atoms with Gasteiger partial charge < -0.3 is 14.2 Å². The molecule has 0 aliphatic heterocycles. The third kappa shape index (κ3) is 5.01. The molecule has 6 nitrogen and oxygen atoms in total. The van der Waals surface area contributed by atoms with E-state index in [-0.39, 0.29) is 12.5 Å². The summed E-state index contributed by atoms with van der Waals surface area (Å²) >= 11 is 3.40. The van der Waals surface area contributed by atoms with Crippen LogP contribution in [0.3, 0.4) is 0 Å². The van der Waals surface area contributed by atoms with Crippen molar-refractivity contribution in [1.29, 1.82) is 0 Å². The molecule has 0 fully saturated rings. The van der Waals surface area contributed by atoms with Gasteiger partial charge in [-0.05, 0) is 57.9 Å². The van der Waals surface area contributed by atoms with Gasteiger partial charge in [-0.25, -0.2) is 5.43 Å². The van der Waals surface area contributed by atoms with Crippen LogP contribution >= 0.6 is 15.9 Å². The monoisotopic (exact) mass is 416 g/mol. The van der Waals surface area contributed by atoms with Gasteiger partial charge in [0.15, 0.2) is 11.5 Å². The van der Waals surface area contributed by atoms with Gasteiger partial charge >= 0.3 is 0 Å². The number of amides is 1. The molecule has 2 rings (SSSR count). The summed E-state index contributed by atoms with van der Waals surface area (Å²) in [6.07, 6.45) is 6.69. The lowest BCUT2D eigenvalue weighted by molar-refractivity contribution is 0.0954. The molecule has 7 heteroatoms. The van der Waals surface area contributed by atoms with Crippen molar-refractivity contribution in [2.75, 3.05) is 20.8 Å². The van der Waals surface area contributed by atoms with Crippen molar-refractivity contribution in [3.05, 3.63) is 52.0 Å². The van der Waals surface area contributed by atoms with Crippen LogP contribution in [0.15, 0.2) is 46.0 Å². The Morgan fingerprint density at radius 2 is 1.92 bits per heavy atom. The van der Waals surface area contributed by atoms with Gasteiger partial charge in [0.25, 0.3) is 5.91 Å². The molecule has 0 aliphatic rings. The number of hydrazone groups is 1. The summed E-state index contributed by atoms with van der Waals surface area (Å²) in [4.78, 5) is 12.2. The van der Waals surface area contributed by atoms with Gasteiger partial charge in [0.1, 0.15) is 12.4 Å². The molecule has 2 aromatic carbocycles. The Labute approximate surface area is 160 Å². The summed E-state index contributed by atoms with van der Waals surface area (Å²) in [6.45, 7) is 0.188. The number of halogens is 1.